The third-order valence-corrected chi connectivity index (χ3v) is 5.98. The molecule has 2 aliphatic heterocycles. The zero-order valence-electron chi connectivity index (χ0n) is 16.6. The Bertz CT molecular complexity index is 694. The van der Waals surface area contributed by atoms with Crippen molar-refractivity contribution in [1.82, 2.24) is 15.1 Å². The lowest BCUT2D eigenvalue weighted by Crippen LogP contribution is -2.48. The van der Waals surface area contributed by atoms with Crippen LogP contribution in [0.3, 0.4) is 0 Å². The van der Waals surface area contributed by atoms with E-state index in [0.29, 0.717) is 38.8 Å². The van der Waals surface area contributed by atoms with Crippen LogP contribution in [0.4, 0.5) is 4.79 Å². The zero-order chi connectivity index (χ0) is 21.0. The fourth-order valence-electron chi connectivity index (χ4n) is 4.25. The van der Waals surface area contributed by atoms with Gasteiger partial charge in [-0.2, -0.15) is 0 Å². The number of nitrogens with one attached hydrogen (secondary N) is 1. The molecule has 0 aromatic heterocycles. The van der Waals surface area contributed by atoms with Crippen molar-refractivity contribution in [3.63, 3.8) is 0 Å². The van der Waals surface area contributed by atoms with Gasteiger partial charge in [0.05, 0.1) is 13.0 Å². The van der Waals surface area contributed by atoms with Crippen LogP contribution >= 0.6 is 0 Å². The molecule has 160 valence electrons. The Kier molecular flexibility index (Phi) is 6.39. The molecule has 3 rings (SSSR count). The molecule has 4 amide bonds. The number of methoxy groups -OCH3 is 1. The molecule has 1 saturated carbocycles. The van der Waals surface area contributed by atoms with E-state index in [1.54, 1.807) is 0 Å². The third kappa shape index (κ3) is 4.51. The molecular weight excluding hydrogens is 382 g/mol. The normalized spacial score (nSPS) is 21.8. The molecule has 10 nitrogen and oxygen atoms in total. The van der Waals surface area contributed by atoms with E-state index in [1.807, 2.05) is 0 Å². The van der Waals surface area contributed by atoms with E-state index >= 15 is 0 Å². The van der Waals surface area contributed by atoms with Gasteiger partial charge < -0.3 is 19.7 Å². The summed E-state index contributed by atoms with van der Waals surface area (Å²) in [5, 5.41) is 2.73. The number of ether oxygens (including phenoxy) is 2. The summed E-state index contributed by atoms with van der Waals surface area (Å²) >= 11 is 0. The highest BCUT2D eigenvalue weighted by molar-refractivity contribution is 6.08. The van der Waals surface area contributed by atoms with E-state index in [2.05, 4.69) is 5.32 Å². The number of esters is 2. The van der Waals surface area contributed by atoms with Crippen LogP contribution in [0.2, 0.25) is 0 Å². The maximum Gasteiger partial charge on any atom is 0.326 e. The maximum absolute atomic E-state index is 12.6. The SMILES string of the molecule is COC(=O)C1CCN(C(=O)COC(=O)CN2C(=O)NC3(CCCCC3)C2=O)CC1. The standard InChI is InChI=1S/C19H27N3O7/c1-28-16(25)13-5-9-21(10-6-13)14(23)12-29-15(24)11-22-17(26)19(20-18(22)27)7-3-2-4-8-19/h13H,2-12H2,1H3,(H,20,27). The smallest absolute Gasteiger partial charge is 0.326 e. The van der Waals surface area contributed by atoms with Crippen LogP contribution < -0.4 is 5.32 Å². The van der Waals surface area contributed by atoms with Gasteiger partial charge in [0, 0.05) is 13.1 Å². The molecule has 3 aliphatic rings. The van der Waals surface area contributed by atoms with Gasteiger partial charge in [0.25, 0.3) is 11.8 Å². The van der Waals surface area contributed by atoms with Gasteiger partial charge in [-0.25, -0.2) is 4.79 Å². The van der Waals surface area contributed by atoms with Crippen molar-refractivity contribution in [2.24, 2.45) is 5.92 Å². The number of carbonyl (C=O) groups excluding carboxylic acids is 5. The van der Waals surface area contributed by atoms with Gasteiger partial charge in [-0.15, -0.1) is 0 Å². The zero-order valence-corrected chi connectivity index (χ0v) is 16.6. The van der Waals surface area contributed by atoms with Crippen LogP contribution in [0, 0.1) is 5.92 Å². The van der Waals surface area contributed by atoms with Crippen LogP contribution in [0.15, 0.2) is 0 Å². The first-order valence-electron chi connectivity index (χ1n) is 10.0. The maximum atomic E-state index is 12.6. The minimum atomic E-state index is -0.893. The molecule has 10 heteroatoms. The molecule has 0 atom stereocenters. The van der Waals surface area contributed by atoms with Crippen molar-refractivity contribution in [2.45, 2.75) is 50.5 Å². The van der Waals surface area contributed by atoms with Gasteiger partial charge >= 0.3 is 18.0 Å². The van der Waals surface area contributed by atoms with E-state index in [4.69, 9.17) is 9.47 Å². The number of carbonyl (C=O) groups is 5. The summed E-state index contributed by atoms with van der Waals surface area (Å²) in [6.45, 7) is -0.210. The van der Waals surface area contributed by atoms with Gasteiger partial charge in [0.2, 0.25) is 0 Å². The molecule has 2 heterocycles. The van der Waals surface area contributed by atoms with Crippen LogP contribution in [0.25, 0.3) is 0 Å². The molecule has 0 aromatic carbocycles. The third-order valence-electron chi connectivity index (χ3n) is 5.98. The molecule has 0 unspecified atom stereocenters. The van der Waals surface area contributed by atoms with Crippen LogP contribution in [0.1, 0.15) is 44.9 Å². The quantitative estimate of drug-likeness (QED) is 0.508. The minimum Gasteiger partial charge on any atom is -0.469 e. The van der Waals surface area contributed by atoms with Crippen molar-refractivity contribution in [3.8, 4) is 0 Å². The average molecular weight is 409 g/mol. The van der Waals surface area contributed by atoms with E-state index < -0.39 is 36.6 Å². The van der Waals surface area contributed by atoms with E-state index in [0.717, 1.165) is 24.2 Å². The second-order valence-corrected chi connectivity index (χ2v) is 7.80. The number of likely N-dealkylation sites (tertiary alicyclic amines) is 1. The minimum absolute atomic E-state index is 0.224. The Morgan fingerprint density at radius 3 is 2.38 bits per heavy atom. The summed E-state index contributed by atoms with van der Waals surface area (Å²) in [6, 6.07) is -0.593. The van der Waals surface area contributed by atoms with Gasteiger partial charge in [0.15, 0.2) is 6.61 Å². The molecular formula is C19H27N3O7. The first kappa shape index (κ1) is 21.1. The molecule has 0 radical (unpaired) electrons. The molecule has 0 aromatic rings. The highest BCUT2D eigenvalue weighted by Crippen LogP contribution is 2.33. The van der Waals surface area contributed by atoms with Crippen molar-refractivity contribution in [2.75, 3.05) is 33.4 Å². The van der Waals surface area contributed by atoms with E-state index in [9.17, 15) is 24.0 Å². The first-order chi connectivity index (χ1) is 13.9. The molecule has 3 fully saturated rings. The lowest BCUT2D eigenvalue weighted by atomic mass is 9.82. The summed E-state index contributed by atoms with van der Waals surface area (Å²) in [4.78, 5) is 63.1. The number of rotatable bonds is 5. The predicted molar refractivity (Wildman–Crippen MR) is 98.3 cm³/mol. The first-order valence-corrected chi connectivity index (χ1v) is 10.0. The fraction of sp³-hybridized carbons (Fsp3) is 0.737. The van der Waals surface area contributed by atoms with Gasteiger partial charge in [-0.05, 0) is 25.7 Å². The van der Waals surface area contributed by atoms with Crippen LogP contribution in [0.5, 0.6) is 0 Å². The fourth-order valence-corrected chi connectivity index (χ4v) is 4.25. The second-order valence-electron chi connectivity index (χ2n) is 7.80. The van der Waals surface area contributed by atoms with Gasteiger partial charge in [0.1, 0.15) is 12.1 Å². The summed E-state index contributed by atoms with van der Waals surface area (Å²) in [5.74, 6) is -2.08. The summed E-state index contributed by atoms with van der Waals surface area (Å²) in [7, 11) is 1.33. The number of piperidine rings is 1. The van der Waals surface area contributed by atoms with Crippen LogP contribution in [-0.4, -0.2) is 78.5 Å². The molecule has 1 N–H and O–H groups in total. The lowest BCUT2D eigenvalue weighted by Gasteiger charge is -2.30. The number of amides is 4. The molecule has 2 saturated heterocycles. The Morgan fingerprint density at radius 2 is 1.76 bits per heavy atom. The Labute approximate surface area is 168 Å². The summed E-state index contributed by atoms with van der Waals surface area (Å²) in [5.41, 5.74) is -0.893. The summed E-state index contributed by atoms with van der Waals surface area (Å²) in [6.07, 6.45) is 4.86. The number of nitrogens with zero attached hydrogens (tertiary/aromatic N) is 2. The second kappa shape index (κ2) is 8.79. The Morgan fingerprint density at radius 1 is 1.10 bits per heavy atom. The highest BCUT2D eigenvalue weighted by Gasteiger charge is 2.51. The topological polar surface area (TPSA) is 122 Å². The number of hydrogen-bond donors (Lipinski definition) is 1. The average Bonchev–Trinajstić information content (AvgIpc) is 2.95. The van der Waals surface area contributed by atoms with Crippen molar-refractivity contribution in [1.29, 1.82) is 0 Å². The molecule has 1 aliphatic carbocycles. The van der Waals surface area contributed by atoms with Gasteiger partial charge in [-0.3, -0.25) is 24.1 Å². The largest absolute Gasteiger partial charge is 0.469 e. The van der Waals surface area contributed by atoms with Crippen molar-refractivity contribution in [3.05, 3.63) is 0 Å². The van der Waals surface area contributed by atoms with E-state index in [1.165, 1.54) is 12.0 Å². The highest BCUT2D eigenvalue weighted by atomic mass is 16.5. The van der Waals surface area contributed by atoms with Crippen molar-refractivity contribution >= 4 is 29.8 Å². The molecule has 29 heavy (non-hydrogen) atoms. The monoisotopic (exact) mass is 409 g/mol. The number of urea groups is 1. The van der Waals surface area contributed by atoms with E-state index in [-0.39, 0.29) is 17.8 Å². The lowest BCUT2D eigenvalue weighted by molar-refractivity contribution is -0.155. The number of imide groups is 1. The van der Waals surface area contributed by atoms with Crippen molar-refractivity contribution < 1.29 is 33.4 Å². The summed E-state index contributed by atoms with van der Waals surface area (Å²) < 4.78 is 9.70. The predicted octanol–water partition coefficient (Wildman–Crippen LogP) is 0.196. The molecule has 0 bridgehead atoms. The number of hydrogen-bond acceptors (Lipinski definition) is 7. The molecule has 1 spiro atoms. The Hall–Kier alpha value is -2.65. The Balaban J connectivity index is 1.44. The van der Waals surface area contributed by atoms with Crippen LogP contribution in [-0.2, 0) is 28.7 Å². The van der Waals surface area contributed by atoms with Gasteiger partial charge in [-0.1, -0.05) is 19.3 Å².